The van der Waals surface area contributed by atoms with Gasteiger partial charge in [-0.1, -0.05) is 24.3 Å². The number of carbonyl (C=O) groups excluding carboxylic acids is 1. The zero-order chi connectivity index (χ0) is 15.6. The number of hydrogen-bond donors (Lipinski definition) is 0. The minimum atomic E-state index is -0.190. The number of cyclic esters (lactones) is 1. The van der Waals surface area contributed by atoms with Gasteiger partial charge in [-0.05, 0) is 29.5 Å². The van der Waals surface area contributed by atoms with Gasteiger partial charge in [0, 0.05) is 22.8 Å². The Morgan fingerprint density at radius 2 is 2.09 bits per heavy atom. The predicted octanol–water partition coefficient (Wildman–Crippen LogP) is 3.71. The highest BCUT2D eigenvalue weighted by Gasteiger charge is 2.46. The molecule has 0 radical (unpaired) electrons. The number of benzene rings is 1. The van der Waals surface area contributed by atoms with Gasteiger partial charge in [0.2, 0.25) is 0 Å². The fourth-order valence-corrected chi connectivity index (χ4v) is 4.91. The molecule has 1 amide bonds. The van der Waals surface area contributed by atoms with E-state index in [0.717, 1.165) is 6.42 Å². The second kappa shape index (κ2) is 4.61. The summed E-state index contributed by atoms with van der Waals surface area (Å²) in [6.45, 7) is 0.489. The molecule has 0 bridgehead atoms. The van der Waals surface area contributed by atoms with Crippen molar-refractivity contribution in [3.63, 3.8) is 0 Å². The van der Waals surface area contributed by atoms with Crippen LogP contribution in [0.1, 0.15) is 22.2 Å². The molecule has 2 aliphatic heterocycles. The van der Waals surface area contributed by atoms with Crippen LogP contribution in [0, 0.1) is 0 Å². The van der Waals surface area contributed by atoms with Crippen LogP contribution < -0.4 is 0 Å². The fraction of sp³-hybridized carbons (Fsp3) is 0.278. The van der Waals surface area contributed by atoms with Gasteiger partial charge >= 0.3 is 6.09 Å². The largest absolute Gasteiger partial charge is 0.447 e. The number of aryl methyl sites for hydroxylation is 1. The van der Waals surface area contributed by atoms with E-state index in [4.69, 9.17) is 4.74 Å². The van der Waals surface area contributed by atoms with Gasteiger partial charge in [0.15, 0.2) is 0 Å². The number of hydrogen-bond acceptors (Lipinski definition) is 3. The van der Waals surface area contributed by atoms with E-state index in [1.807, 2.05) is 11.0 Å². The number of aromatic nitrogens is 1. The highest BCUT2D eigenvalue weighted by molar-refractivity contribution is 7.10. The third kappa shape index (κ3) is 1.68. The van der Waals surface area contributed by atoms with Gasteiger partial charge in [-0.25, -0.2) is 4.79 Å². The van der Waals surface area contributed by atoms with Crippen molar-refractivity contribution in [3.05, 3.63) is 57.9 Å². The van der Waals surface area contributed by atoms with Crippen molar-refractivity contribution in [1.29, 1.82) is 0 Å². The zero-order valence-electron chi connectivity index (χ0n) is 12.7. The first-order valence-corrected chi connectivity index (χ1v) is 8.68. The van der Waals surface area contributed by atoms with Crippen LogP contribution in [0.4, 0.5) is 4.79 Å². The normalized spacial score (nSPS) is 23.0. The van der Waals surface area contributed by atoms with Crippen LogP contribution in [0.2, 0.25) is 0 Å². The topological polar surface area (TPSA) is 34.5 Å². The molecule has 2 unspecified atom stereocenters. The monoisotopic (exact) mass is 324 g/mol. The van der Waals surface area contributed by atoms with Crippen LogP contribution in [0.25, 0.3) is 10.9 Å². The Hall–Kier alpha value is -2.27. The van der Waals surface area contributed by atoms with E-state index in [1.165, 1.54) is 27.0 Å². The third-order valence-electron chi connectivity index (χ3n) is 5.05. The van der Waals surface area contributed by atoms with E-state index < -0.39 is 0 Å². The molecule has 2 atom stereocenters. The molecule has 23 heavy (non-hydrogen) atoms. The number of carbonyl (C=O) groups is 1. The zero-order valence-corrected chi connectivity index (χ0v) is 13.5. The molecule has 2 aromatic heterocycles. The lowest BCUT2D eigenvalue weighted by molar-refractivity contribution is 0.147. The molecule has 0 N–H and O–H groups in total. The van der Waals surface area contributed by atoms with Crippen LogP contribution >= 0.6 is 11.3 Å². The highest BCUT2D eigenvalue weighted by atomic mass is 32.1. The van der Waals surface area contributed by atoms with Crippen molar-refractivity contribution in [2.45, 2.75) is 18.5 Å². The summed E-state index contributed by atoms with van der Waals surface area (Å²) in [4.78, 5) is 15.5. The van der Waals surface area contributed by atoms with Gasteiger partial charge in [0.1, 0.15) is 12.6 Å². The molecule has 116 valence electrons. The Balaban J connectivity index is 1.83. The van der Waals surface area contributed by atoms with Crippen LogP contribution in [-0.2, 0) is 18.2 Å². The SMILES string of the molecule is Cn1c2c(c3ccccc31)CC1COC(=O)N1C2c1cccs1. The molecular weight excluding hydrogens is 308 g/mol. The maximum Gasteiger partial charge on any atom is 0.411 e. The number of amides is 1. The second-order valence-corrected chi connectivity index (χ2v) is 7.18. The third-order valence-corrected chi connectivity index (χ3v) is 5.98. The molecule has 4 nitrogen and oxygen atoms in total. The molecule has 0 aliphatic carbocycles. The van der Waals surface area contributed by atoms with Gasteiger partial charge in [0.25, 0.3) is 0 Å². The molecule has 1 aromatic carbocycles. The van der Waals surface area contributed by atoms with Crippen molar-refractivity contribution in [2.75, 3.05) is 6.61 Å². The van der Waals surface area contributed by atoms with Crippen LogP contribution in [-0.4, -0.2) is 28.2 Å². The van der Waals surface area contributed by atoms with Gasteiger partial charge in [-0.3, -0.25) is 4.90 Å². The van der Waals surface area contributed by atoms with Crippen molar-refractivity contribution in [2.24, 2.45) is 7.05 Å². The summed E-state index contributed by atoms with van der Waals surface area (Å²) < 4.78 is 7.61. The number of para-hydroxylation sites is 1. The van der Waals surface area contributed by atoms with Crippen LogP contribution in [0.15, 0.2) is 41.8 Å². The first kappa shape index (κ1) is 13.2. The Morgan fingerprint density at radius 1 is 1.22 bits per heavy atom. The molecule has 5 heteroatoms. The molecule has 0 spiro atoms. The first-order valence-electron chi connectivity index (χ1n) is 7.80. The lowest BCUT2D eigenvalue weighted by Crippen LogP contribution is -2.43. The molecule has 0 saturated carbocycles. The summed E-state index contributed by atoms with van der Waals surface area (Å²) >= 11 is 1.70. The van der Waals surface area contributed by atoms with Gasteiger partial charge < -0.3 is 9.30 Å². The summed E-state index contributed by atoms with van der Waals surface area (Å²) in [7, 11) is 2.10. The van der Waals surface area contributed by atoms with Crippen LogP contribution in [0.5, 0.6) is 0 Å². The quantitative estimate of drug-likeness (QED) is 0.684. The van der Waals surface area contributed by atoms with Crippen molar-refractivity contribution in [1.82, 2.24) is 9.47 Å². The van der Waals surface area contributed by atoms with Crippen molar-refractivity contribution >= 4 is 28.3 Å². The molecule has 1 saturated heterocycles. The van der Waals surface area contributed by atoms with E-state index in [-0.39, 0.29) is 18.2 Å². The summed E-state index contributed by atoms with van der Waals surface area (Å²) in [6, 6.07) is 12.8. The van der Waals surface area contributed by atoms with Gasteiger partial charge in [-0.15, -0.1) is 11.3 Å². The van der Waals surface area contributed by atoms with Crippen molar-refractivity contribution in [3.8, 4) is 0 Å². The average Bonchev–Trinajstić information content (AvgIpc) is 3.28. The summed E-state index contributed by atoms with van der Waals surface area (Å²) in [6.07, 6.45) is 0.675. The minimum Gasteiger partial charge on any atom is -0.447 e. The minimum absolute atomic E-state index is 0.0452. The Kier molecular flexibility index (Phi) is 2.65. The number of rotatable bonds is 1. The fourth-order valence-electron chi connectivity index (χ4n) is 4.09. The summed E-state index contributed by atoms with van der Waals surface area (Å²) in [5.74, 6) is 0. The van der Waals surface area contributed by atoms with E-state index in [1.54, 1.807) is 11.3 Å². The Morgan fingerprint density at radius 3 is 2.91 bits per heavy atom. The molecule has 5 rings (SSSR count). The summed E-state index contributed by atoms with van der Waals surface area (Å²) in [5.41, 5.74) is 3.82. The lowest BCUT2D eigenvalue weighted by Gasteiger charge is -2.35. The van der Waals surface area contributed by atoms with E-state index >= 15 is 0 Å². The Labute approximate surface area is 137 Å². The average molecular weight is 324 g/mol. The number of fused-ring (bicyclic) bond motifs is 4. The number of thiophene rings is 1. The molecular formula is C18H16N2O2S. The van der Waals surface area contributed by atoms with Crippen LogP contribution in [0.3, 0.4) is 0 Å². The standard InChI is InChI=1S/C18H16N2O2S/c1-19-14-6-3-2-5-12(14)13-9-11-10-22-18(21)20(11)17(16(13)19)15-7-4-8-23-15/h2-8,11,17H,9-10H2,1H3. The number of nitrogens with zero attached hydrogens (tertiary/aromatic N) is 2. The highest BCUT2D eigenvalue weighted by Crippen LogP contribution is 2.45. The van der Waals surface area contributed by atoms with Gasteiger partial charge in [-0.2, -0.15) is 0 Å². The van der Waals surface area contributed by atoms with E-state index in [0.29, 0.717) is 6.61 Å². The number of ether oxygens (including phenoxy) is 1. The van der Waals surface area contributed by atoms with E-state index in [9.17, 15) is 4.79 Å². The van der Waals surface area contributed by atoms with Gasteiger partial charge in [0.05, 0.1) is 11.7 Å². The predicted molar refractivity (Wildman–Crippen MR) is 89.8 cm³/mol. The van der Waals surface area contributed by atoms with Crippen molar-refractivity contribution < 1.29 is 9.53 Å². The molecule has 4 heterocycles. The molecule has 1 fully saturated rings. The Bertz CT molecular complexity index is 913. The maximum absolute atomic E-state index is 12.3. The lowest BCUT2D eigenvalue weighted by atomic mass is 9.92. The maximum atomic E-state index is 12.3. The smallest absolute Gasteiger partial charge is 0.411 e. The second-order valence-electron chi connectivity index (χ2n) is 6.20. The first-order chi connectivity index (χ1) is 11.3. The molecule has 3 aromatic rings. The summed E-state index contributed by atoms with van der Waals surface area (Å²) in [5, 5.41) is 3.37. The van der Waals surface area contributed by atoms with E-state index in [2.05, 4.69) is 47.3 Å². The molecule has 2 aliphatic rings.